The van der Waals surface area contributed by atoms with Crippen LogP contribution in [0.1, 0.15) is 37.7 Å². The summed E-state index contributed by atoms with van der Waals surface area (Å²) in [4.78, 5) is 28.2. The number of piperidine rings is 1. The molecular formula is C26H27FN6O. The Kier molecular flexibility index (Phi) is 6.20. The van der Waals surface area contributed by atoms with Crippen LogP contribution in [0.15, 0.2) is 67.1 Å². The third-order valence-corrected chi connectivity index (χ3v) is 6.33. The Balaban J connectivity index is 1.26. The molecule has 1 unspecified atom stereocenters. The van der Waals surface area contributed by atoms with E-state index in [-0.39, 0.29) is 23.7 Å². The van der Waals surface area contributed by atoms with Crippen molar-refractivity contribution < 1.29 is 9.18 Å². The van der Waals surface area contributed by atoms with Gasteiger partial charge in [0.15, 0.2) is 5.82 Å². The molecule has 5 rings (SSSR count). The molecule has 7 nitrogen and oxygen atoms in total. The second kappa shape index (κ2) is 9.59. The molecule has 8 heteroatoms. The zero-order chi connectivity index (χ0) is 23.5. The van der Waals surface area contributed by atoms with Crippen molar-refractivity contribution in [1.82, 2.24) is 24.3 Å². The summed E-state index contributed by atoms with van der Waals surface area (Å²) in [5.41, 5.74) is 2.43. The number of anilines is 1. The van der Waals surface area contributed by atoms with Crippen molar-refractivity contribution in [2.24, 2.45) is 0 Å². The van der Waals surface area contributed by atoms with Crippen molar-refractivity contribution in [3.8, 4) is 11.5 Å². The van der Waals surface area contributed by atoms with E-state index < -0.39 is 0 Å². The molecule has 1 aliphatic rings. The van der Waals surface area contributed by atoms with E-state index >= 15 is 0 Å². The van der Waals surface area contributed by atoms with Gasteiger partial charge in [-0.05, 0) is 42.5 Å². The van der Waals surface area contributed by atoms with Crippen molar-refractivity contribution in [1.29, 1.82) is 0 Å². The van der Waals surface area contributed by atoms with Crippen LogP contribution < -0.4 is 5.32 Å². The average Bonchev–Trinajstić information content (AvgIpc) is 3.28. The third-order valence-electron chi connectivity index (χ3n) is 6.33. The second-order valence-electron chi connectivity index (χ2n) is 8.82. The molecule has 1 N–H and O–H groups in total. The average molecular weight is 459 g/mol. The number of aromatic nitrogens is 4. The molecule has 34 heavy (non-hydrogen) atoms. The van der Waals surface area contributed by atoms with Gasteiger partial charge in [-0.25, -0.2) is 19.3 Å². The number of carbonyl (C=O) groups is 1. The molecule has 3 aromatic heterocycles. The van der Waals surface area contributed by atoms with Crippen LogP contribution in [0.2, 0.25) is 0 Å². The van der Waals surface area contributed by atoms with Crippen LogP contribution >= 0.6 is 0 Å². The number of carbonyl (C=O) groups excluding carboxylic acids is 1. The molecular weight excluding hydrogens is 431 g/mol. The van der Waals surface area contributed by atoms with E-state index in [4.69, 9.17) is 0 Å². The van der Waals surface area contributed by atoms with Gasteiger partial charge in [-0.1, -0.05) is 37.3 Å². The van der Waals surface area contributed by atoms with Crippen LogP contribution in [0, 0.1) is 5.82 Å². The predicted molar refractivity (Wildman–Crippen MR) is 129 cm³/mol. The van der Waals surface area contributed by atoms with Crippen LogP contribution in [-0.4, -0.2) is 49.3 Å². The van der Waals surface area contributed by atoms with E-state index in [0.717, 1.165) is 19.4 Å². The first-order chi connectivity index (χ1) is 16.6. The first-order valence-corrected chi connectivity index (χ1v) is 11.6. The highest BCUT2D eigenvalue weighted by Crippen LogP contribution is 2.23. The fourth-order valence-electron chi connectivity index (χ4n) is 4.50. The van der Waals surface area contributed by atoms with Crippen LogP contribution in [-0.2, 0) is 4.79 Å². The molecule has 2 atom stereocenters. The number of benzene rings is 1. The second-order valence-corrected chi connectivity index (χ2v) is 8.82. The van der Waals surface area contributed by atoms with E-state index in [1.165, 1.54) is 17.8 Å². The van der Waals surface area contributed by atoms with Gasteiger partial charge in [0.1, 0.15) is 23.0 Å². The molecule has 1 fully saturated rings. The number of likely N-dealkylation sites (tertiary alicyclic amines) is 1. The lowest BCUT2D eigenvalue weighted by atomic mass is 9.96. The van der Waals surface area contributed by atoms with Crippen LogP contribution in [0.5, 0.6) is 0 Å². The topological polar surface area (TPSA) is 75.4 Å². The molecule has 0 spiro atoms. The van der Waals surface area contributed by atoms with Gasteiger partial charge < -0.3 is 10.2 Å². The van der Waals surface area contributed by atoms with Crippen molar-refractivity contribution in [2.75, 3.05) is 18.4 Å². The fraction of sp³-hybridized carbons (Fsp3) is 0.308. The molecule has 4 heterocycles. The zero-order valence-corrected chi connectivity index (χ0v) is 19.1. The molecule has 1 saturated heterocycles. The number of pyridine rings is 1. The van der Waals surface area contributed by atoms with Crippen LogP contribution in [0.25, 0.3) is 17.2 Å². The molecule has 0 aliphatic carbocycles. The Bertz CT molecular complexity index is 1290. The standard InChI is InChI=1S/C26H27FN6O/c1-18(19-6-3-2-4-7-19)14-25(34)32-13-5-8-21(17-32)30-23-11-12-28-26(31-23)22-15-29-24-10-9-20(27)16-33(22)24/h2-4,6-7,9-12,15-16,18,21H,5,8,13-14,17H2,1H3,(H,28,30,31)/t18?,21-/m0/s1. The highest BCUT2D eigenvalue weighted by molar-refractivity contribution is 5.77. The molecule has 1 aromatic carbocycles. The van der Waals surface area contributed by atoms with Gasteiger partial charge in [-0.2, -0.15) is 0 Å². The van der Waals surface area contributed by atoms with E-state index in [2.05, 4.69) is 39.3 Å². The number of hydrogen-bond acceptors (Lipinski definition) is 5. The number of fused-ring (bicyclic) bond motifs is 1. The Morgan fingerprint density at radius 2 is 2.03 bits per heavy atom. The van der Waals surface area contributed by atoms with E-state index in [9.17, 15) is 9.18 Å². The van der Waals surface area contributed by atoms with Gasteiger partial charge in [-0.15, -0.1) is 0 Å². The van der Waals surface area contributed by atoms with Crippen LogP contribution in [0.4, 0.5) is 10.2 Å². The maximum atomic E-state index is 13.7. The van der Waals surface area contributed by atoms with Crippen molar-refractivity contribution >= 4 is 17.4 Å². The minimum absolute atomic E-state index is 0.104. The minimum atomic E-state index is -0.352. The predicted octanol–water partition coefficient (Wildman–Crippen LogP) is 4.53. The molecule has 0 bridgehead atoms. The normalized spacial score (nSPS) is 17.0. The van der Waals surface area contributed by atoms with Gasteiger partial charge in [0, 0.05) is 37.9 Å². The SMILES string of the molecule is CC(CC(=O)N1CCC[C@H](Nc2ccnc(-c3cnc4ccc(F)cn34)n2)C1)c1ccccc1. The first kappa shape index (κ1) is 22.0. The highest BCUT2D eigenvalue weighted by Gasteiger charge is 2.25. The number of imidazole rings is 1. The molecule has 0 saturated carbocycles. The number of halogens is 1. The summed E-state index contributed by atoms with van der Waals surface area (Å²) in [5, 5.41) is 3.46. The summed E-state index contributed by atoms with van der Waals surface area (Å²) in [6.45, 7) is 3.52. The molecule has 4 aromatic rings. The van der Waals surface area contributed by atoms with Gasteiger partial charge >= 0.3 is 0 Å². The van der Waals surface area contributed by atoms with Crippen molar-refractivity contribution in [3.63, 3.8) is 0 Å². The summed E-state index contributed by atoms with van der Waals surface area (Å²) in [6.07, 6.45) is 7.09. The van der Waals surface area contributed by atoms with Gasteiger partial charge in [-0.3, -0.25) is 9.20 Å². The lowest BCUT2D eigenvalue weighted by Gasteiger charge is -2.34. The lowest BCUT2D eigenvalue weighted by molar-refractivity contribution is -0.132. The summed E-state index contributed by atoms with van der Waals surface area (Å²) in [5.74, 6) is 1.15. The summed E-state index contributed by atoms with van der Waals surface area (Å²) >= 11 is 0. The van der Waals surface area contributed by atoms with Crippen LogP contribution in [0.3, 0.4) is 0 Å². The van der Waals surface area contributed by atoms with Crippen molar-refractivity contribution in [2.45, 2.75) is 38.1 Å². The Morgan fingerprint density at radius 3 is 2.88 bits per heavy atom. The smallest absolute Gasteiger partial charge is 0.223 e. The lowest BCUT2D eigenvalue weighted by Crippen LogP contribution is -2.45. The molecule has 174 valence electrons. The number of amides is 1. The first-order valence-electron chi connectivity index (χ1n) is 11.6. The molecule has 1 aliphatic heterocycles. The number of rotatable bonds is 6. The van der Waals surface area contributed by atoms with Gasteiger partial charge in [0.2, 0.25) is 5.91 Å². The molecule has 0 radical (unpaired) electrons. The quantitative estimate of drug-likeness (QED) is 0.460. The maximum absolute atomic E-state index is 13.7. The maximum Gasteiger partial charge on any atom is 0.223 e. The summed E-state index contributed by atoms with van der Waals surface area (Å²) in [6, 6.07) is 15.1. The van der Waals surface area contributed by atoms with E-state index in [0.29, 0.717) is 35.9 Å². The number of nitrogens with zero attached hydrogens (tertiary/aromatic N) is 5. The molecule has 1 amide bonds. The zero-order valence-electron chi connectivity index (χ0n) is 19.1. The van der Waals surface area contributed by atoms with Crippen molar-refractivity contribution in [3.05, 3.63) is 78.5 Å². The largest absolute Gasteiger partial charge is 0.365 e. The summed E-state index contributed by atoms with van der Waals surface area (Å²) in [7, 11) is 0. The minimum Gasteiger partial charge on any atom is -0.365 e. The number of hydrogen-bond donors (Lipinski definition) is 1. The van der Waals surface area contributed by atoms with Gasteiger partial charge in [0.05, 0.1) is 6.20 Å². The summed E-state index contributed by atoms with van der Waals surface area (Å²) < 4.78 is 15.4. The Morgan fingerprint density at radius 1 is 1.18 bits per heavy atom. The van der Waals surface area contributed by atoms with E-state index in [1.807, 2.05) is 29.2 Å². The third kappa shape index (κ3) is 4.76. The monoisotopic (exact) mass is 458 g/mol. The number of nitrogens with one attached hydrogen (secondary N) is 1. The van der Waals surface area contributed by atoms with Gasteiger partial charge in [0.25, 0.3) is 0 Å². The Labute approximate surface area is 197 Å². The highest BCUT2D eigenvalue weighted by atomic mass is 19.1. The Hall–Kier alpha value is -3.81. The fourth-order valence-corrected chi connectivity index (χ4v) is 4.50. The van der Waals surface area contributed by atoms with E-state index in [1.54, 1.807) is 22.9 Å².